The molecule has 1 aliphatic heterocycles. The van der Waals surface area contributed by atoms with Gasteiger partial charge in [0.1, 0.15) is 0 Å². The summed E-state index contributed by atoms with van der Waals surface area (Å²) in [6.07, 6.45) is 0. The molecule has 1 fully saturated rings. The first-order chi connectivity index (χ1) is 5.04. The Labute approximate surface area is 74.3 Å². The van der Waals surface area contributed by atoms with Gasteiger partial charge >= 0.3 is 0 Å². The lowest BCUT2D eigenvalue weighted by Gasteiger charge is -2.40. The Hall–Kier alpha value is 0.310. The molecule has 2 unspecified atom stereocenters. The van der Waals surface area contributed by atoms with E-state index in [4.69, 9.17) is 0 Å². The summed E-state index contributed by atoms with van der Waals surface area (Å²) in [6, 6.07) is 0. The fourth-order valence-electron chi connectivity index (χ4n) is 1.17. The lowest BCUT2D eigenvalue weighted by molar-refractivity contribution is 0.349. The molecule has 1 heterocycles. The number of rotatable bonds is 1. The van der Waals surface area contributed by atoms with Crippen LogP contribution in [-0.2, 0) is 0 Å². The van der Waals surface area contributed by atoms with Gasteiger partial charge in [0.05, 0.1) is 4.87 Å². The minimum atomic E-state index is 0.326. The highest BCUT2D eigenvalue weighted by atomic mass is 32.2. The van der Waals surface area contributed by atoms with Crippen molar-refractivity contribution < 1.29 is 0 Å². The van der Waals surface area contributed by atoms with E-state index in [0.29, 0.717) is 4.87 Å². The van der Waals surface area contributed by atoms with Gasteiger partial charge in [0.2, 0.25) is 0 Å². The van der Waals surface area contributed by atoms with Crippen LogP contribution in [0, 0.1) is 11.8 Å². The van der Waals surface area contributed by atoms with E-state index in [2.05, 4.69) is 44.8 Å². The van der Waals surface area contributed by atoms with Crippen molar-refractivity contribution in [1.29, 1.82) is 0 Å². The van der Waals surface area contributed by atoms with Gasteiger partial charge in [-0.15, -0.1) is 11.8 Å². The van der Waals surface area contributed by atoms with E-state index in [1.165, 1.54) is 12.3 Å². The van der Waals surface area contributed by atoms with Crippen LogP contribution in [0.1, 0.15) is 27.7 Å². The summed E-state index contributed by atoms with van der Waals surface area (Å²) in [6.45, 7) is 10.4. The van der Waals surface area contributed by atoms with Gasteiger partial charge in [0.25, 0.3) is 0 Å². The summed E-state index contributed by atoms with van der Waals surface area (Å²) in [5, 5.41) is 3.61. The largest absolute Gasteiger partial charge is 0.303 e. The Morgan fingerprint density at radius 1 is 1.55 bits per heavy atom. The van der Waals surface area contributed by atoms with Crippen LogP contribution in [0.15, 0.2) is 0 Å². The molecule has 66 valence electrons. The zero-order valence-corrected chi connectivity index (χ0v) is 8.79. The molecule has 0 aromatic carbocycles. The van der Waals surface area contributed by atoms with E-state index < -0.39 is 0 Å². The summed E-state index contributed by atoms with van der Waals surface area (Å²) in [5.74, 6) is 2.87. The molecule has 1 rings (SSSR count). The first kappa shape index (κ1) is 9.40. The minimum Gasteiger partial charge on any atom is -0.303 e. The van der Waals surface area contributed by atoms with Gasteiger partial charge in [0.15, 0.2) is 0 Å². The lowest BCUT2D eigenvalue weighted by atomic mass is 10.0. The molecule has 11 heavy (non-hydrogen) atoms. The van der Waals surface area contributed by atoms with Crippen LogP contribution >= 0.6 is 11.8 Å². The highest BCUT2D eigenvalue weighted by molar-refractivity contribution is 8.00. The third kappa shape index (κ3) is 2.12. The molecule has 0 saturated carbocycles. The molecule has 2 heteroatoms. The van der Waals surface area contributed by atoms with Gasteiger partial charge in [-0.05, 0) is 31.1 Å². The van der Waals surface area contributed by atoms with Gasteiger partial charge in [-0.25, -0.2) is 0 Å². The maximum absolute atomic E-state index is 3.61. The standard InChI is InChI=1S/C9H19NS/c1-7(2)9(4)10-5-8(3)6-11-9/h7-8,10H,5-6H2,1-4H3. The van der Waals surface area contributed by atoms with Gasteiger partial charge in [-0.1, -0.05) is 20.8 Å². The van der Waals surface area contributed by atoms with Crippen LogP contribution in [-0.4, -0.2) is 17.2 Å². The van der Waals surface area contributed by atoms with Crippen molar-refractivity contribution in [3.8, 4) is 0 Å². The molecule has 0 amide bonds. The van der Waals surface area contributed by atoms with Crippen molar-refractivity contribution >= 4 is 11.8 Å². The zero-order chi connectivity index (χ0) is 8.48. The van der Waals surface area contributed by atoms with E-state index in [1.807, 2.05) is 0 Å². The van der Waals surface area contributed by atoms with E-state index in [1.54, 1.807) is 0 Å². The first-order valence-electron chi connectivity index (χ1n) is 4.43. The highest BCUT2D eigenvalue weighted by Gasteiger charge is 2.32. The SMILES string of the molecule is CC1CNC(C)(C(C)C)SC1. The summed E-state index contributed by atoms with van der Waals surface area (Å²) in [4.78, 5) is 0.326. The van der Waals surface area contributed by atoms with E-state index in [-0.39, 0.29) is 0 Å². The second-order valence-electron chi connectivity index (χ2n) is 4.06. The monoisotopic (exact) mass is 173 g/mol. The predicted molar refractivity (Wildman–Crippen MR) is 52.9 cm³/mol. The predicted octanol–water partition coefficient (Wildman–Crippen LogP) is 2.33. The quantitative estimate of drug-likeness (QED) is 0.653. The van der Waals surface area contributed by atoms with Crippen molar-refractivity contribution in [3.63, 3.8) is 0 Å². The Morgan fingerprint density at radius 3 is 2.55 bits per heavy atom. The van der Waals surface area contributed by atoms with E-state index in [9.17, 15) is 0 Å². The zero-order valence-electron chi connectivity index (χ0n) is 7.98. The third-order valence-electron chi connectivity index (χ3n) is 2.57. The molecule has 0 aromatic heterocycles. The molecule has 0 radical (unpaired) electrons. The summed E-state index contributed by atoms with van der Waals surface area (Å²) < 4.78 is 0. The van der Waals surface area contributed by atoms with Crippen molar-refractivity contribution in [3.05, 3.63) is 0 Å². The van der Waals surface area contributed by atoms with E-state index in [0.717, 1.165) is 11.8 Å². The maximum Gasteiger partial charge on any atom is 0.0640 e. The summed E-state index contributed by atoms with van der Waals surface area (Å²) >= 11 is 2.07. The second kappa shape index (κ2) is 3.36. The molecular formula is C9H19NS. The highest BCUT2D eigenvalue weighted by Crippen LogP contribution is 2.34. The number of hydrogen-bond donors (Lipinski definition) is 1. The van der Waals surface area contributed by atoms with Crippen molar-refractivity contribution in [2.24, 2.45) is 11.8 Å². The molecule has 0 bridgehead atoms. The van der Waals surface area contributed by atoms with Gasteiger partial charge < -0.3 is 5.32 Å². The van der Waals surface area contributed by atoms with Crippen LogP contribution in [0.25, 0.3) is 0 Å². The summed E-state index contributed by atoms with van der Waals surface area (Å²) in [7, 11) is 0. The average Bonchev–Trinajstić information content (AvgIpc) is 1.95. The van der Waals surface area contributed by atoms with E-state index >= 15 is 0 Å². The molecule has 1 aliphatic rings. The smallest absolute Gasteiger partial charge is 0.0640 e. The van der Waals surface area contributed by atoms with Crippen LogP contribution in [0.4, 0.5) is 0 Å². The molecule has 2 atom stereocenters. The third-order valence-corrected chi connectivity index (χ3v) is 4.52. The maximum atomic E-state index is 3.61. The molecule has 0 spiro atoms. The Morgan fingerprint density at radius 2 is 2.18 bits per heavy atom. The van der Waals surface area contributed by atoms with Crippen LogP contribution in [0.2, 0.25) is 0 Å². The molecule has 1 N–H and O–H groups in total. The molecule has 1 saturated heterocycles. The number of nitrogens with one attached hydrogen (secondary N) is 1. The van der Waals surface area contributed by atoms with Crippen LogP contribution in [0.5, 0.6) is 0 Å². The Bertz CT molecular complexity index is 126. The second-order valence-corrected chi connectivity index (χ2v) is 5.53. The molecule has 0 aromatic rings. The first-order valence-corrected chi connectivity index (χ1v) is 5.42. The van der Waals surface area contributed by atoms with Gasteiger partial charge in [-0.3, -0.25) is 0 Å². The van der Waals surface area contributed by atoms with Crippen LogP contribution < -0.4 is 5.32 Å². The molecule has 1 nitrogen and oxygen atoms in total. The van der Waals surface area contributed by atoms with Crippen molar-refractivity contribution in [1.82, 2.24) is 5.32 Å². The molecular weight excluding hydrogens is 154 g/mol. The Kier molecular flexibility index (Phi) is 2.87. The van der Waals surface area contributed by atoms with Gasteiger partial charge in [0, 0.05) is 0 Å². The topological polar surface area (TPSA) is 12.0 Å². The minimum absolute atomic E-state index is 0.326. The van der Waals surface area contributed by atoms with Crippen molar-refractivity contribution in [2.75, 3.05) is 12.3 Å². The van der Waals surface area contributed by atoms with Crippen molar-refractivity contribution in [2.45, 2.75) is 32.6 Å². The molecule has 0 aliphatic carbocycles. The van der Waals surface area contributed by atoms with Crippen LogP contribution in [0.3, 0.4) is 0 Å². The lowest BCUT2D eigenvalue weighted by Crippen LogP contribution is -2.49. The van der Waals surface area contributed by atoms with Gasteiger partial charge in [-0.2, -0.15) is 0 Å². The number of hydrogen-bond acceptors (Lipinski definition) is 2. The fraction of sp³-hybridized carbons (Fsp3) is 1.00. The normalized spacial score (nSPS) is 39.5. The summed E-state index contributed by atoms with van der Waals surface area (Å²) in [5.41, 5.74) is 0. The Balaban J connectivity index is 2.48. The average molecular weight is 173 g/mol. The number of thioether (sulfide) groups is 1. The fourth-order valence-corrected chi connectivity index (χ4v) is 2.44.